The first-order chi connectivity index (χ1) is 9.97. The zero-order chi connectivity index (χ0) is 15.3. The standard InChI is InChI=1S/C15H16FNO3S/c1-12-5-7-15(8-6-12)21(18,19)17-9-10-20-14-4-2-3-13(16)11-14/h2-8,11,17H,9-10H2,1H3. The van der Waals surface area contributed by atoms with E-state index in [0.29, 0.717) is 5.75 Å². The van der Waals surface area contributed by atoms with Crippen LogP contribution in [0.15, 0.2) is 53.4 Å². The van der Waals surface area contributed by atoms with Gasteiger partial charge in [-0.05, 0) is 31.2 Å². The van der Waals surface area contributed by atoms with Gasteiger partial charge in [0, 0.05) is 12.6 Å². The first-order valence-corrected chi connectivity index (χ1v) is 7.90. The number of rotatable bonds is 6. The molecular formula is C15H16FNO3S. The predicted octanol–water partition coefficient (Wildman–Crippen LogP) is 2.49. The van der Waals surface area contributed by atoms with Gasteiger partial charge < -0.3 is 4.74 Å². The van der Waals surface area contributed by atoms with Gasteiger partial charge >= 0.3 is 0 Å². The minimum atomic E-state index is -3.54. The van der Waals surface area contributed by atoms with E-state index in [0.717, 1.165) is 5.56 Å². The van der Waals surface area contributed by atoms with E-state index in [2.05, 4.69) is 4.72 Å². The van der Waals surface area contributed by atoms with Crippen LogP contribution in [0.1, 0.15) is 5.56 Å². The van der Waals surface area contributed by atoms with Crippen LogP contribution in [0.3, 0.4) is 0 Å². The summed E-state index contributed by atoms with van der Waals surface area (Å²) in [5, 5.41) is 0. The van der Waals surface area contributed by atoms with Gasteiger partial charge in [0.05, 0.1) is 4.90 Å². The van der Waals surface area contributed by atoms with Gasteiger partial charge in [-0.2, -0.15) is 0 Å². The molecule has 2 aromatic rings. The van der Waals surface area contributed by atoms with Gasteiger partial charge in [-0.25, -0.2) is 17.5 Å². The highest BCUT2D eigenvalue weighted by Crippen LogP contribution is 2.12. The molecule has 0 aliphatic rings. The Bertz CT molecular complexity index is 699. The van der Waals surface area contributed by atoms with E-state index in [-0.39, 0.29) is 18.0 Å². The minimum Gasteiger partial charge on any atom is -0.492 e. The smallest absolute Gasteiger partial charge is 0.240 e. The lowest BCUT2D eigenvalue weighted by atomic mass is 10.2. The maximum Gasteiger partial charge on any atom is 0.240 e. The maximum absolute atomic E-state index is 12.9. The fourth-order valence-electron chi connectivity index (χ4n) is 1.70. The first-order valence-electron chi connectivity index (χ1n) is 6.42. The van der Waals surface area contributed by atoms with Gasteiger partial charge in [-0.1, -0.05) is 23.8 Å². The molecule has 0 aliphatic heterocycles. The molecule has 2 rings (SSSR count). The summed E-state index contributed by atoms with van der Waals surface area (Å²) in [7, 11) is -3.54. The van der Waals surface area contributed by atoms with Crippen LogP contribution in [0.5, 0.6) is 5.75 Å². The lowest BCUT2D eigenvalue weighted by Crippen LogP contribution is -2.28. The summed E-state index contributed by atoms with van der Waals surface area (Å²) in [6.07, 6.45) is 0. The molecule has 4 nitrogen and oxygen atoms in total. The van der Waals surface area contributed by atoms with Crippen LogP contribution in [0.25, 0.3) is 0 Å². The molecule has 2 aromatic carbocycles. The summed E-state index contributed by atoms with van der Waals surface area (Å²) in [4.78, 5) is 0.207. The van der Waals surface area contributed by atoms with E-state index >= 15 is 0 Å². The first kappa shape index (κ1) is 15.5. The van der Waals surface area contributed by atoms with Crippen LogP contribution >= 0.6 is 0 Å². The molecule has 6 heteroatoms. The zero-order valence-corrected chi connectivity index (χ0v) is 12.4. The Hall–Kier alpha value is -1.92. The maximum atomic E-state index is 12.9. The Labute approximate surface area is 123 Å². The quantitative estimate of drug-likeness (QED) is 0.834. The fraction of sp³-hybridized carbons (Fsp3) is 0.200. The van der Waals surface area contributed by atoms with E-state index in [1.165, 1.54) is 18.2 Å². The lowest BCUT2D eigenvalue weighted by Gasteiger charge is -2.09. The Morgan fingerprint density at radius 3 is 2.52 bits per heavy atom. The molecule has 21 heavy (non-hydrogen) atoms. The SMILES string of the molecule is Cc1ccc(S(=O)(=O)NCCOc2cccc(F)c2)cc1. The second-order valence-corrected chi connectivity index (χ2v) is 6.28. The van der Waals surface area contributed by atoms with E-state index in [4.69, 9.17) is 4.74 Å². The van der Waals surface area contributed by atoms with Gasteiger partial charge in [0.15, 0.2) is 0 Å². The normalized spacial score (nSPS) is 11.3. The number of hydrogen-bond donors (Lipinski definition) is 1. The summed E-state index contributed by atoms with van der Waals surface area (Å²) in [6, 6.07) is 12.3. The number of nitrogens with one attached hydrogen (secondary N) is 1. The van der Waals surface area contributed by atoms with Crippen molar-refractivity contribution in [1.29, 1.82) is 0 Å². The highest BCUT2D eigenvalue weighted by atomic mass is 32.2. The number of sulfonamides is 1. The topological polar surface area (TPSA) is 55.4 Å². The van der Waals surface area contributed by atoms with Crippen LogP contribution in [0.4, 0.5) is 4.39 Å². The van der Waals surface area contributed by atoms with Crippen molar-refractivity contribution in [2.45, 2.75) is 11.8 Å². The number of halogens is 1. The summed E-state index contributed by atoms with van der Waals surface area (Å²) >= 11 is 0. The summed E-state index contributed by atoms with van der Waals surface area (Å²) in [5.74, 6) is -0.0303. The van der Waals surface area contributed by atoms with Crippen molar-refractivity contribution >= 4 is 10.0 Å². The molecule has 0 aromatic heterocycles. The molecule has 0 fully saturated rings. The Morgan fingerprint density at radius 1 is 1.14 bits per heavy atom. The molecule has 0 spiro atoms. The third-order valence-corrected chi connectivity index (χ3v) is 4.27. The third-order valence-electron chi connectivity index (χ3n) is 2.79. The molecule has 1 N–H and O–H groups in total. The average Bonchev–Trinajstić information content (AvgIpc) is 2.44. The third kappa shape index (κ3) is 4.54. The van der Waals surface area contributed by atoms with Gasteiger partial charge in [0.2, 0.25) is 10.0 Å². The Morgan fingerprint density at radius 2 is 1.86 bits per heavy atom. The predicted molar refractivity (Wildman–Crippen MR) is 78.3 cm³/mol. The summed E-state index contributed by atoms with van der Waals surface area (Å²) in [5.41, 5.74) is 0.989. The van der Waals surface area contributed by atoms with Crippen molar-refractivity contribution in [2.24, 2.45) is 0 Å². The van der Waals surface area contributed by atoms with E-state index in [9.17, 15) is 12.8 Å². The molecule has 0 radical (unpaired) electrons. The van der Waals surface area contributed by atoms with Crippen molar-refractivity contribution in [3.63, 3.8) is 0 Å². The fourth-order valence-corrected chi connectivity index (χ4v) is 2.72. The van der Waals surface area contributed by atoms with Gasteiger partial charge in [0.25, 0.3) is 0 Å². The lowest BCUT2D eigenvalue weighted by molar-refractivity contribution is 0.321. The van der Waals surface area contributed by atoms with E-state index in [1.54, 1.807) is 30.3 Å². The largest absolute Gasteiger partial charge is 0.492 e. The number of ether oxygens (including phenoxy) is 1. The molecule has 0 heterocycles. The Kier molecular flexibility index (Phi) is 4.93. The van der Waals surface area contributed by atoms with Gasteiger partial charge in [-0.15, -0.1) is 0 Å². The highest BCUT2D eigenvalue weighted by Gasteiger charge is 2.12. The number of aryl methyl sites for hydroxylation is 1. The second kappa shape index (κ2) is 6.69. The monoisotopic (exact) mass is 309 g/mol. The highest BCUT2D eigenvalue weighted by molar-refractivity contribution is 7.89. The molecule has 0 atom stereocenters. The van der Waals surface area contributed by atoms with Crippen molar-refractivity contribution in [3.8, 4) is 5.75 Å². The second-order valence-electron chi connectivity index (χ2n) is 4.52. The van der Waals surface area contributed by atoms with Crippen molar-refractivity contribution in [2.75, 3.05) is 13.2 Å². The van der Waals surface area contributed by atoms with E-state index < -0.39 is 15.8 Å². The molecule has 0 bridgehead atoms. The van der Waals surface area contributed by atoms with Crippen LogP contribution in [-0.4, -0.2) is 21.6 Å². The Balaban J connectivity index is 1.86. The number of benzene rings is 2. The number of hydrogen-bond acceptors (Lipinski definition) is 3. The zero-order valence-electron chi connectivity index (χ0n) is 11.5. The van der Waals surface area contributed by atoms with Crippen molar-refractivity contribution in [1.82, 2.24) is 4.72 Å². The summed E-state index contributed by atoms with van der Waals surface area (Å²) in [6.45, 7) is 2.11. The summed E-state index contributed by atoms with van der Waals surface area (Å²) < 4.78 is 44.6. The van der Waals surface area contributed by atoms with Gasteiger partial charge in [0.1, 0.15) is 18.2 Å². The molecular weight excluding hydrogens is 293 g/mol. The molecule has 112 valence electrons. The van der Waals surface area contributed by atoms with Crippen LogP contribution in [0, 0.1) is 12.7 Å². The van der Waals surface area contributed by atoms with Crippen molar-refractivity contribution < 1.29 is 17.5 Å². The van der Waals surface area contributed by atoms with Gasteiger partial charge in [-0.3, -0.25) is 0 Å². The average molecular weight is 309 g/mol. The van der Waals surface area contributed by atoms with Crippen LogP contribution < -0.4 is 9.46 Å². The van der Waals surface area contributed by atoms with Crippen LogP contribution in [-0.2, 0) is 10.0 Å². The molecule has 0 unspecified atom stereocenters. The van der Waals surface area contributed by atoms with E-state index in [1.807, 2.05) is 6.92 Å². The molecule has 0 saturated carbocycles. The minimum absolute atomic E-state index is 0.104. The van der Waals surface area contributed by atoms with Crippen LogP contribution in [0.2, 0.25) is 0 Å². The van der Waals surface area contributed by atoms with Crippen molar-refractivity contribution in [3.05, 3.63) is 59.9 Å². The molecule has 0 saturated heterocycles. The molecule has 0 aliphatic carbocycles. The molecule has 0 amide bonds.